The Labute approximate surface area is 200 Å². The monoisotopic (exact) mass is 477 g/mol. The van der Waals surface area contributed by atoms with Crippen LogP contribution in [0.15, 0.2) is 54.6 Å². The number of fused-ring (bicyclic) bond motifs is 1. The van der Waals surface area contributed by atoms with Gasteiger partial charge in [0.2, 0.25) is 0 Å². The number of phenolic OH excluding ortho intramolecular Hbond substituents is 1. The van der Waals surface area contributed by atoms with Crippen molar-refractivity contribution in [2.75, 3.05) is 20.3 Å². The lowest BCUT2D eigenvalue weighted by Gasteiger charge is -2.26. The predicted octanol–water partition coefficient (Wildman–Crippen LogP) is 5.45. The first-order valence-electron chi connectivity index (χ1n) is 11.2. The lowest BCUT2D eigenvalue weighted by Crippen LogP contribution is -2.17. The van der Waals surface area contributed by atoms with E-state index in [0.717, 1.165) is 18.5 Å². The Balaban J connectivity index is 1.88. The van der Waals surface area contributed by atoms with Gasteiger partial charge in [0, 0.05) is 47.5 Å². The lowest BCUT2D eigenvalue weighted by molar-refractivity contribution is 0.0693. The van der Waals surface area contributed by atoms with Crippen molar-refractivity contribution in [3.8, 4) is 34.1 Å². The molecule has 2 heterocycles. The molecular formula is C27H24FNO6. The molecule has 3 N–H and O–H groups in total. The molecule has 0 aliphatic carbocycles. The Bertz CT molecular complexity index is 1440. The maximum absolute atomic E-state index is 14.3. The third-order valence-electron chi connectivity index (χ3n) is 6.53. The van der Waals surface area contributed by atoms with Crippen LogP contribution in [0.4, 0.5) is 4.39 Å². The molecular weight excluding hydrogens is 453 g/mol. The summed E-state index contributed by atoms with van der Waals surface area (Å²) in [6.45, 7) is 1.13. The number of hydrogen-bond donors (Lipinski definition) is 3. The fourth-order valence-electron chi connectivity index (χ4n) is 4.92. The van der Waals surface area contributed by atoms with Crippen molar-refractivity contribution in [2.45, 2.75) is 18.8 Å². The summed E-state index contributed by atoms with van der Waals surface area (Å²) in [5, 5.41) is 31.4. The van der Waals surface area contributed by atoms with Crippen LogP contribution in [-0.2, 0) is 4.74 Å². The van der Waals surface area contributed by atoms with Crippen molar-refractivity contribution in [3.05, 3.63) is 71.7 Å². The minimum atomic E-state index is -1.23. The Morgan fingerprint density at radius 2 is 1.83 bits per heavy atom. The van der Waals surface area contributed by atoms with Crippen molar-refractivity contribution in [1.29, 1.82) is 0 Å². The third-order valence-corrected chi connectivity index (χ3v) is 6.53. The smallest absolute Gasteiger partial charge is 0.339 e. The largest absolute Gasteiger partial charge is 0.507 e. The molecule has 0 radical (unpaired) electrons. The summed E-state index contributed by atoms with van der Waals surface area (Å²) in [6, 6.07) is 14.2. The number of benzene rings is 3. The second-order valence-electron chi connectivity index (χ2n) is 8.51. The van der Waals surface area contributed by atoms with Gasteiger partial charge in [-0.2, -0.15) is 0 Å². The summed E-state index contributed by atoms with van der Waals surface area (Å²) in [5.74, 6) is -1.93. The molecule has 1 saturated heterocycles. The van der Waals surface area contributed by atoms with Crippen LogP contribution < -0.4 is 4.74 Å². The van der Waals surface area contributed by atoms with Crippen LogP contribution in [0.5, 0.6) is 17.2 Å². The molecule has 180 valence electrons. The van der Waals surface area contributed by atoms with Gasteiger partial charge in [-0.15, -0.1) is 0 Å². The van der Waals surface area contributed by atoms with Gasteiger partial charge in [-0.3, -0.25) is 0 Å². The number of phenols is 2. The summed E-state index contributed by atoms with van der Waals surface area (Å²) in [4.78, 5) is 11.5. The van der Waals surface area contributed by atoms with Gasteiger partial charge in [0.1, 0.15) is 17.1 Å². The minimum Gasteiger partial charge on any atom is -0.507 e. The van der Waals surface area contributed by atoms with E-state index in [-0.39, 0.29) is 28.7 Å². The molecule has 0 bridgehead atoms. The van der Waals surface area contributed by atoms with Crippen molar-refractivity contribution in [3.63, 3.8) is 0 Å². The molecule has 5 rings (SSSR count). The number of carboxylic acids is 1. The van der Waals surface area contributed by atoms with Crippen LogP contribution in [0.1, 0.15) is 34.8 Å². The van der Waals surface area contributed by atoms with Crippen molar-refractivity contribution in [2.24, 2.45) is 0 Å². The van der Waals surface area contributed by atoms with E-state index >= 15 is 0 Å². The van der Waals surface area contributed by atoms with Crippen LogP contribution in [0.3, 0.4) is 0 Å². The first kappa shape index (κ1) is 22.7. The molecule has 7 nitrogen and oxygen atoms in total. The number of nitrogens with zero attached hydrogens (tertiary/aromatic N) is 1. The molecule has 0 amide bonds. The van der Waals surface area contributed by atoms with Crippen molar-refractivity contribution >= 4 is 16.9 Å². The topological polar surface area (TPSA) is 101 Å². The second kappa shape index (κ2) is 8.96. The molecule has 0 unspecified atom stereocenters. The lowest BCUT2D eigenvalue weighted by atomic mass is 9.89. The van der Waals surface area contributed by atoms with Gasteiger partial charge >= 0.3 is 5.97 Å². The van der Waals surface area contributed by atoms with Gasteiger partial charge in [0.15, 0.2) is 11.6 Å². The van der Waals surface area contributed by atoms with E-state index in [9.17, 15) is 24.5 Å². The number of carboxylic acid groups (broad SMARTS) is 1. The molecule has 3 aromatic carbocycles. The molecule has 1 aliphatic heterocycles. The predicted molar refractivity (Wildman–Crippen MR) is 128 cm³/mol. The number of aromatic hydroxyl groups is 2. The first-order valence-corrected chi connectivity index (χ1v) is 11.2. The van der Waals surface area contributed by atoms with Gasteiger partial charge in [-0.1, -0.05) is 12.1 Å². The zero-order valence-corrected chi connectivity index (χ0v) is 19.0. The molecule has 1 aliphatic rings. The number of carbonyl (C=O) groups is 1. The summed E-state index contributed by atoms with van der Waals surface area (Å²) in [6.07, 6.45) is 1.45. The van der Waals surface area contributed by atoms with E-state index in [2.05, 4.69) is 0 Å². The number of hydrogen-bond acceptors (Lipinski definition) is 5. The number of aromatic nitrogens is 1. The molecule has 8 heteroatoms. The van der Waals surface area contributed by atoms with E-state index in [1.807, 2.05) is 10.6 Å². The number of aromatic carboxylic acids is 1. The Hall–Kier alpha value is -4.04. The van der Waals surface area contributed by atoms with E-state index in [1.165, 1.54) is 25.3 Å². The van der Waals surface area contributed by atoms with Crippen molar-refractivity contribution < 1.29 is 34.0 Å². The summed E-state index contributed by atoms with van der Waals surface area (Å²) in [7, 11) is 1.40. The fraction of sp³-hybridized carbons (Fsp3) is 0.222. The molecule has 1 fully saturated rings. The molecule has 0 spiro atoms. The Morgan fingerprint density at radius 1 is 1.06 bits per heavy atom. The van der Waals surface area contributed by atoms with Crippen LogP contribution >= 0.6 is 0 Å². The number of rotatable bonds is 5. The Morgan fingerprint density at radius 3 is 2.51 bits per heavy atom. The molecule has 1 aromatic heterocycles. The zero-order valence-electron chi connectivity index (χ0n) is 19.0. The molecule has 4 aromatic rings. The van der Waals surface area contributed by atoms with Crippen LogP contribution in [0.2, 0.25) is 0 Å². The molecule has 35 heavy (non-hydrogen) atoms. The highest BCUT2D eigenvalue weighted by Gasteiger charge is 2.29. The molecule has 0 saturated carbocycles. The van der Waals surface area contributed by atoms with E-state index in [0.29, 0.717) is 40.9 Å². The highest BCUT2D eigenvalue weighted by atomic mass is 19.1. The summed E-state index contributed by atoms with van der Waals surface area (Å²) < 4.78 is 27.1. The van der Waals surface area contributed by atoms with E-state index in [4.69, 9.17) is 9.47 Å². The van der Waals surface area contributed by atoms with Crippen LogP contribution in [0, 0.1) is 5.82 Å². The second-order valence-corrected chi connectivity index (χ2v) is 8.51. The average molecular weight is 477 g/mol. The maximum atomic E-state index is 14.3. The SMILES string of the molecule is COc1cc(-n2c(C3CCOCC3)c(-c3ccc(C(=O)O)c(O)c3)c3c(O)cccc32)ccc1F. The normalized spacial score (nSPS) is 14.3. The van der Waals surface area contributed by atoms with Gasteiger partial charge < -0.3 is 29.4 Å². The molecule has 0 atom stereocenters. The van der Waals surface area contributed by atoms with Crippen LogP contribution in [0.25, 0.3) is 27.7 Å². The quantitative estimate of drug-likeness (QED) is 0.353. The van der Waals surface area contributed by atoms with Gasteiger partial charge in [0.05, 0.1) is 12.6 Å². The highest BCUT2D eigenvalue weighted by molar-refractivity contribution is 6.04. The highest BCUT2D eigenvalue weighted by Crippen LogP contribution is 2.47. The van der Waals surface area contributed by atoms with Crippen molar-refractivity contribution in [1.82, 2.24) is 4.57 Å². The van der Waals surface area contributed by atoms with Gasteiger partial charge in [-0.05, 0) is 54.8 Å². The number of halogens is 1. The first-order chi connectivity index (χ1) is 16.9. The van der Waals surface area contributed by atoms with Crippen LogP contribution in [-0.4, -0.2) is 46.2 Å². The Kier molecular flexibility index (Phi) is 5.82. The number of methoxy groups -OCH3 is 1. The standard InChI is InChI=1S/C27H24FNO6/c1-34-23-14-17(6-8-19(23)28)29-20-3-2-4-21(30)25(20)24(26(29)15-9-11-35-12-10-15)16-5-7-18(27(32)33)22(31)13-16/h2-8,13-15,30-31H,9-12H2,1H3,(H,32,33). The zero-order chi connectivity index (χ0) is 24.7. The summed E-state index contributed by atoms with van der Waals surface area (Å²) in [5.41, 5.74) is 3.24. The van der Waals surface area contributed by atoms with Gasteiger partial charge in [-0.25, -0.2) is 9.18 Å². The average Bonchev–Trinajstić information content (AvgIpc) is 3.21. The number of ether oxygens (including phenoxy) is 2. The fourth-order valence-corrected chi connectivity index (χ4v) is 4.92. The van der Waals surface area contributed by atoms with Gasteiger partial charge in [0.25, 0.3) is 0 Å². The van der Waals surface area contributed by atoms with E-state index in [1.54, 1.807) is 30.3 Å². The maximum Gasteiger partial charge on any atom is 0.339 e. The summed E-state index contributed by atoms with van der Waals surface area (Å²) >= 11 is 0. The minimum absolute atomic E-state index is 0.0305. The third kappa shape index (κ3) is 3.85. The van der Waals surface area contributed by atoms with E-state index < -0.39 is 11.8 Å².